The van der Waals surface area contributed by atoms with E-state index in [-0.39, 0.29) is 30.8 Å². The Morgan fingerprint density at radius 1 is 1.33 bits per heavy atom. The van der Waals surface area contributed by atoms with Crippen LogP contribution in [0.2, 0.25) is 0 Å². The van der Waals surface area contributed by atoms with Crippen LogP contribution >= 0.6 is 0 Å². The number of aliphatic hydroxyl groups excluding tert-OH is 1. The van der Waals surface area contributed by atoms with Gasteiger partial charge in [0, 0.05) is 37.2 Å². The van der Waals surface area contributed by atoms with Gasteiger partial charge < -0.3 is 19.7 Å². The van der Waals surface area contributed by atoms with Gasteiger partial charge in [0.2, 0.25) is 5.88 Å². The van der Waals surface area contributed by atoms with E-state index < -0.39 is 5.41 Å². The van der Waals surface area contributed by atoms with Crippen LogP contribution in [-0.4, -0.2) is 39.1 Å². The molecule has 160 valence electrons. The molecule has 0 fully saturated rings. The topological polar surface area (TPSA) is 102 Å². The fourth-order valence-corrected chi connectivity index (χ4v) is 2.73. The summed E-state index contributed by atoms with van der Waals surface area (Å²) < 4.78 is 25.7. The van der Waals surface area contributed by atoms with E-state index in [4.69, 9.17) is 9.26 Å². The number of hydrogen-bond acceptors (Lipinski definition) is 6. The molecule has 0 aliphatic heterocycles. The van der Waals surface area contributed by atoms with E-state index in [1.165, 1.54) is 16.8 Å². The number of halogens is 1. The summed E-state index contributed by atoms with van der Waals surface area (Å²) in [5, 5.41) is 20.4. The maximum atomic E-state index is 13.2. The van der Waals surface area contributed by atoms with E-state index in [1.807, 2.05) is 13.8 Å². The summed E-state index contributed by atoms with van der Waals surface area (Å²) in [7, 11) is 1.65. The Morgan fingerprint density at radius 2 is 2.03 bits per heavy atom. The Kier molecular flexibility index (Phi) is 6.21. The van der Waals surface area contributed by atoms with Gasteiger partial charge in [0.05, 0.1) is 5.56 Å². The molecule has 2 heterocycles. The highest BCUT2D eigenvalue weighted by Gasteiger charge is 2.21. The number of amides is 1. The minimum absolute atomic E-state index is 0.0402. The predicted octanol–water partition coefficient (Wildman–Crippen LogP) is 2.85. The monoisotopic (exact) mass is 416 g/mol. The maximum absolute atomic E-state index is 13.2. The Bertz CT molecular complexity index is 1020. The van der Waals surface area contributed by atoms with Crippen molar-refractivity contribution in [1.82, 2.24) is 20.3 Å². The van der Waals surface area contributed by atoms with Crippen molar-refractivity contribution >= 4 is 5.91 Å². The van der Waals surface area contributed by atoms with Crippen molar-refractivity contribution in [2.24, 2.45) is 12.5 Å². The van der Waals surface area contributed by atoms with Crippen LogP contribution in [0.4, 0.5) is 4.39 Å². The van der Waals surface area contributed by atoms with Crippen molar-refractivity contribution < 1.29 is 23.6 Å². The first-order valence-corrected chi connectivity index (χ1v) is 9.47. The van der Waals surface area contributed by atoms with Crippen molar-refractivity contribution in [3.8, 4) is 17.1 Å². The summed E-state index contributed by atoms with van der Waals surface area (Å²) in [4.78, 5) is 12.4. The number of aromatic nitrogens is 3. The molecule has 0 aliphatic rings. The molecule has 0 radical (unpaired) electrons. The minimum atomic E-state index is -0.420. The van der Waals surface area contributed by atoms with Crippen molar-refractivity contribution in [2.75, 3.05) is 13.2 Å². The van der Waals surface area contributed by atoms with Gasteiger partial charge in [0.1, 0.15) is 29.6 Å². The summed E-state index contributed by atoms with van der Waals surface area (Å²) in [6.45, 7) is 5.87. The molecular weight excluding hydrogens is 391 g/mol. The van der Waals surface area contributed by atoms with Crippen LogP contribution in [0.15, 0.2) is 34.9 Å². The van der Waals surface area contributed by atoms with Crippen molar-refractivity contribution in [1.29, 1.82) is 0 Å². The number of benzene rings is 1. The molecule has 2 N–H and O–H groups in total. The molecule has 3 aromatic rings. The molecule has 1 amide bonds. The van der Waals surface area contributed by atoms with Gasteiger partial charge in [-0.2, -0.15) is 0 Å². The third kappa shape index (κ3) is 4.85. The average molecular weight is 416 g/mol. The SMILES string of the molecule is Cc1onc(-c2ccc(F)cc2)c1COc1cc(C(=O)NCC(C)(C)CO)n(C)n1. The number of nitrogens with one attached hydrogen (secondary N) is 1. The minimum Gasteiger partial charge on any atom is -0.471 e. The van der Waals surface area contributed by atoms with Gasteiger partial charge >= 0.3 is 0 Å². The third-order valence-corrected chi connectivity index (χ3v) is 4.71. The highest BCUT2D eigenvalue weighted by atomic mass is 19.1. The highest BCUT2D eigenvalue weighted by Crippen LogP contribution is 2.26. The zero-order chi connectivity index (χ0) is 21.9. The second-order valence-corrected chi connectivity index (χ2v) is 7.86. The van der Waals surface area contributed by atoms with E-state index in [0.717, 1.165) is 0 Å². The van der Waals surface area contributed by atoms with E-state index in [2.05, 4.69) is 15.6 Å². The number of rotatable bonds is 8. The predicted molar refractivity (Wildman–Crippen MR) is 107 cm³/mol. The zero-order valence-corrected chi connectivity index (χ0v) is 17.4. The molecule has 0 saturated carbocycles. The summed E-state index contributed by atoms with van der Waals surface area (Å²) in [5.74, 6) is 0.206. The van der Waals surface area contributed by atoms with E-state index in [0.29, 0.717) is 34.8 Å². The number of hydrogen-bond donors (Lipinski definition) is 2. The van der Waals surface area contributed by atoms with Crippen LogP contribution in [0.1, 0.15) is 35.7 Å². The van der Waals surface area contributed by atoms with E-state index >= 15 is 0 Å². The molecule has 0 aliphatic carbocycles. The van der Waals surface area contributed by atoms with Gasteiger partial charge in [-0.05, 0) is 31.2 Å². The summed E-state index contributed by atoms with van der Waals surface area (Å²) in [6, 6.07) is 7.49. The first kappa shape index (κ1) is 21.5. The van der Waals surface area contributed by atoms with Gasteiger partial charge in [-0.15, -0.1) is 5.10 Å². The maximum Gasteiger partial charge on any atom is 0.269 e. The number of carbonyl (C=O) groups excluding carboxylic acids is 1. The van der Waals surface area contributed by atoms with Crippen LogP contribution in [0.5, 0.6) is 5.88 Å². The van der Waals surface area contributed by atoms with Crippen molar-refractivity contribution in [3.05, 3.63) is 53.2 Å². The first-order valence-electron chi connectivity index (χ1n) is 9.47. The molecule has 2 aromatic heterocycles. The lowest BCUT2D eigenvalue weighted by Crippen LogP contribution is -2.36. The standard InChI is InChI=1S/C21H25FN4O4/c1-13-16(19(25-30-13)14-5-7-15(22)8-6-14)10-29-18-9-17(26(4)24-18)20(28)23-11-21(2,3)12-27/h5-9,27H,10-12H2,1-4H3,(H,23,28). The summed E-state index contributed by atoms with van der Waals surface area (Å²) >= 11 is 0. The largest absolute Gasteiger partial charge is 0.471 e. The Labute approximate surface area is 173 Å². The van der Waals surface area contributed by atoms with Gasteiger partial charge in [0.25, 0.3) is 5.91 Å². The van der Waals surface area contributed by atoms with Crippen molar-refractivity contribution in [3.63, 3.8) is 0 Å². The van der Waals surface area contributed by atoms with Gasteiger partial charge in [-0.1, -0.05) is 19.0 Å². The van der Waals surface area contributed by atoms with Crippen LogP contribution in [0.25, 0.3) is 11.3 Å². The normalized spacial score (nSPS) is 11.5. The van der Waals surface area contributed by atoms with Crippen molar-refractivity contribution in [2.45, 2.75) is 27.4 Å². The fraction of sp³-hybridized carbons (Fsp3) is 0.381. The number of aryl methyl sites for hydroxylation is 2. The third-order valence-electron chi connectivity index (χ3n) is 4.71. The number of ether oxygens (including phenoxy) is 1. The first-order chi connectivity index (χ1) is 14.2. The number of carbonyl (C=O) groups is 1. The number of aliphatic hydroxyl groups is 1. The number of nitrogens with zero attached hydrogens (tertiary/aromatic N) is 3. The van der Waals surface area contributed by atoms with Gasteiger partial charge in [-0.25, -0.2) is 4.39 Å². The van der Waals surface area contributed by atoms with E-state index in [1.54, 1.807) is 32.2 Å². The second kappa shape index (κ2) is 8.66. The smallest absolute Gasteiger partial charge is 0.269 e. The molecule has 0 unspecified atom stereocenters. The van der Waals surface area contributed by atoms with Crippen LogP contribution in [-0.2, 0) is 13.7 Å². The van der Waals surface area contributed by atoms with Crippen LogP contribution in [0.3, 0.4) is 0 Å². The van der Waals surface area contributed by atoms with Gasteiger partial charge in [0.15, 0.2) is 0 Å². The molecule has 9 heteroatoms. The lowest BCUT2D eigenvalue weighted by Gasteiger charge is -2.21. The summed E-state index contributed by atoms with van der Waals surface area (Å²) in [6.07, 6.45) is 0. The molecule has 8 nitrogen and oxygen atoms in total. The molecule has 30 heavy (non-hydrogen) atoms. The molecule has 0 spiro atoms. The average Bonchev–Trinajstić information content (AvgIpc) is 3.27. The highest BCUT2D eigenvalue weighted by molar-refractivity contribution is 5.92. The Hall–Kier alpha value is -3.20. The molecular formula is C21H25FN4O4. The molecule has 1 aromatic carbocycles. The molecule has 0 atom stereocenters. The second-order valence-electron chi connectivity index (χ2n) is 7.86. The molecule has 0 bridgehead atoms. The van der Waals surface area contributed by atoms with E-state index in [9.17, 15) is 14.3 Å². The van der Waals surface area contributed by atoms with Crippen LogP contribution in [0, 0.1) is 18.2 Å². The fourth-order valence-electron chi connectivity index (χ4n) is 2.73. The van der Waals surface area contributed by atoms with Gasteiger partial charge in [-0.3, -0.25) is 9.48 Å². The van der Waals surface area contributed by atoms with Crippen LogP contribution < -0.4 is 10.1 Å². The lowest BCUT2D eigenvalue weighted by molar-refractivity contribution is 0.0901. The zero-order valence-electron chi connectivity index (χ0n) is 17.4. The molecule has 3 rings (SSSR count). The summed E-state index contributed by atoms with van der Waals surface area (Å²) in [5.41, 5.74) is 1.89. The Morgan fingerprint density at radius 3 is 2.70 bits per heavy atom. The quantitative estimate of drug-likeness (QED) is 0.585. The lowest BCUT2D eigenvalue weighted by atomic mass is 9.95. The molecule has 0 saturated heterocycles. The Balaban J connectivity index is 1.70.